The summed E-state index contributed by atoms with van der Waals surface area (Å²) in [5.41, 5.74) is 2.68. The van der Waals surface area contributed by atoms with Gasteiger partial charge >= 0.3 is 0 Å². The lowest BCUT2D eigenvalue weighted by Crippen LogP contribution is -2.31. The molecule has 0 bridgehead atoms. The van der Waals surface area contributed by atoms with Gasteiger partial charge in [0.15, 0.2) is 0 Å². The maximum absolute atomic E-state index is 12.6. The molecule has 1 fully saturated rings. The molecule has 1 saturated heterocycles. The normalized spacial score (nSPS) is 15.8. The van der Waals surface area contributed by atoms with Crippen LogP contribution in [0.2, 0.25) is 10.0 Å². The summed E-state index contributed by atoms with van der Waals surface area (Å²) in [5.74, 6) is -0.199. The Hall–Kier alpha value is -2.32. The van der Waals surface area contributed by atoms with E-state index in [0.717, 1.165) is 12.5 Å². The van der Waals surface area contributed by atoms with E-state index in [-0.39, 0.29) is 24.4 Å². The zero-order valence-corrected chi connectivity index (χ0v) is 17.5. The number of hydrogen-bond acceptors (Lipinski definition) is 5. The summed E-state index contributed by atoms with van der Waals surface area (Å²) < 4.78 is 0. The number of carbonyl (C=O) groups is 2. The minimum atomic E-state index is -0.645. The van der Waals surface area contributed by atoms with Crippen molar-refractivity contribution in [3.63, 3.8) is 0 Å². The summed E-state index contributed by atoms with van der Waals surface area (Å²) in [6.45, 7) is 1.15. The number of likely N-dealkylation sites (tertiary alicyclic amines) is 1. The zero-order valence-electron chi connectivity index (χ0n) is 15.1. The first-order chi connectivity index (χ1) is 13.5. The van der Waals surface area contributed by atoms with Crippen LogP contribution in [-0.2, 0) is 4.79 Å². The van der Waals surface area contributed by atoms with E-state index in [2.05, 4.69) is 10.3 Å². The molecule has 10 heteroatoms. The standard InChI is InChI=1S/C19H18Cl2N4O3.ClH/c20-14-3-1-2-13(9-14)19(27)25-7-6-15(11-25)23-18-16(21)8-12(10-22-18)4-5-17(26)24-28;/h1-5,8-10,15,28H,6-7,11H2,(H,22,23)(H,24,26);1H/b5-4+;/t15-;/m1./s1. The van der Waals surface area contributed by atoms with Crippen molar-refractivity contribution in [2.75, 3.05) is 18.4 Å². The average molecular weight is 458 g/mol. The molecule has 0 unspecified atom stereocenters. The van der Waals surface area contributed by atoms with E-state index in [0.29, 0.717) is 40.1 Å². The molecule has 2 amide bonds. The van der Waals surface area contributed by atoms with Crippen LogP contribution in [0.15, 0.2) is 42.6 Å². The zero-order chi connectivity index (χ0) is 20.1. The first-order valence-electron chi connectivity index (χ1n) is 8.55. The summed E-state index contributed by atoms with van der Waals surface area (Å²) in [7, 11) is 0. The molecule has 2 heterocycles. The Labute approximate surface area is 184 Å². The highest BCUT2D eigenvalue weighted by molar-refractivity contribution is 6.33. The molecule has 1 aromatic heterocycles. The van der Waals surface area contributed by atoms with Crippen molar-refractivity contribution in [2.45, 2.75) is 12.5 Å². The van der Waals surface area contributed by atoms with Crippen molar-refractivity contribution in [2.24, 2.45) is 0 Å². The van der Waals surface area contributed by atoms with Crippen LogP contribution in [0.1, 0.15) is 22.3 Å². The van der Waals surface area contributed by atoms with Crippen molar-refractivity contribution in [1.82, 2.24) is 15.4 Å². The molecule has 7 nitrogen and oxygen atoms in total. The highest BCUT2D eigenvalue weighted by Gasteiger charge is 2.27. The highest BCUT2D eigenvalue weighted by Crippen LogP contribution is 2.24. The lowest BCUT2D eigenvalue weighted by Gasteiger charge is -2.18. The van der Waals surface area contributed by atoms with E-state index in [1.165, 1.54) is 11.6 Å². The van der Waals surface area contributed by atoms with Crippen molar-refractivity contribution in [1.29, 1.82) is 0 Å². The van der Waals surface area contributed by atoms with Gasteiger partial charge in [-0.2, -0.15) is 0 Å². The molecular weight excluding hydrogens is 439 g/mol. The fourth-order valence-corrected chi connectivity index (χ4v) is 3.34. The molecule has 0 radical (unpaired) electrons. The van der Waals surface area contributed by atoms with Crippen molar-refractivity contribution < 1.29 is 14.8 Å². The molecule has 1 atom stereocenters. The second-order valence-electron chi connectivity index (χ2n) is 6.30. The van der Waals surface area contributed by atoms with Crippen molar-refractivity contribution in [3.05, 3.63) is 63.8 Å². The number of aromatic nitrogens is 1. The first-order valence-corrected chi connectivity index (χ1v) is 9.31. The van der Waals surface area contributed by atoms with Crippen LogP contribution in [0.25, 0.3) is 6.08 Å². The van der Waals surface area contributed by atoms with Gasteiger partial charge in [-0.1, -0.05) is 29.3 Å². The minimum Gasteiger partial charge on any atom is -0.364 e. The van der Waals surface area contributed by atoms with E-state index < -0.39 is 5.91 Å². The maximum atomic E-state index is 12.6. The fourth-order valence-electron chi connectivity index (χ4n) is 2.92. The summed E-state index contributed by atoms with van der Waals surface area (Å²) in [5, 5.41) is 12.7. The third-order valence-corrected chi connectivity index (χ3v) is 4.81. The van der Waals surface area contributed by atoms with Gasteiger partial charge in [-0.3, -0.25) is 14.8 Å². The average Bonchev–Trinajstić information content (AvgIpc) is 3.16. The first kappa shape index (κ1) is 23.0. The van der Waals surface area contributed by atoms with Crippen molar-refractivity contribution >= 4 is 59.3 Å². The summed E-state index contributed by atoms with van der Waals surface area (Å²) in [6, 6.07) is 8.57. The summed E-state index contributed by atoms with van der Waals surface area (Å²) >= 11 is 12.2. The van der Waals surface area contributed by atoms with Gasteiger partial charge in [0.2, 0.25) is 0 Å². The lowest BCUT2D eigenvalue weighted by atomic mass is 10.2. The number of pyridine rings is 1. The van der Waals surface area contributed by atoms with Crippen LogP contribution in [0.4, 0.5) is 5.82 Å². The van der Waals surface area contributed by atoms with Gasteiger partial charge < -0.3 is 10.2 Å². The fraction of sp³-hybridized carbons (Fsp3) is 0.211. The maximum Gasteiger partial charge on any atom is 0.267 e. The topological polar surface area (TPSA) is 94.6 Å². The van der Waals surface area contributed by atoms with E-state index >= 15 is 0 Å². The van der Waals surface area contributed by atoms with Crippen LogP contribution >= 0.6 is 35.6 Å². The minimum absolute atomic E-state index is 0. The van der Waals surface area contributed by atoms with Gasteiger partial charge in [0, 0.05) is 42.0 Å². The Balaban J connectivity index is 0.00000300. The Morgan fingerprint density at radius 1 is 1.28 bits per heavy atom. The molecule has 0 aliphatic carbocycles. The number of amides is 2. The molecular formula is C19H19Cl3N4O3. The van der Waals surface area contributed by atoms with E-state index in [1.807, 2.05) is 0 Å². The molecule has 0 spiro atoms. The van der Waals surface area contributed by atoms with Gasteiger partial charge in [-0.05, 0) is 42.3 Å². The number of carbonyl (C=O) groups excluding carboxylic acids is 2. The third-order valence-electron chi connectivity index (χ3n) is 4.29. The highest BCUT2D eigenvalue weighted by atomic mass is 35.5. The number of hydroxylamine groups is 1. The second kappa shape index (κ2) is 10.5. The summed E-state index contributed by atoms with van der Waals surface area (Å²) in [6.07, 6.45) is 4.97. The number of benzene rings is 1. The number of nitrogens with zero attached hydrogens (tertiary/aromatic N) is 2. The number of anilines is 1. The predicted molar refractivity (Wildman–Crippen MR) is 115 cm³/mol. The van der Waals surface area contributed by atoms with E-state index in [9.17, 15) is 9.59 Å². The van der Waals surface area contributed by atoms with Crippen LogP contribution in [0.5, 0.6) is 0 Å². The number of hydrogen-bond donors (Lipinski definition) is 3. The molecule has 0 saturated carbocycles. The molecule has 154 valence electrons. The number of rotatable bonds is 5. The molecule has 3 N–H and O–H groups in total. The summed E-state index contributed by atoms with van der Waals surface area (Å²) in [4.78, 5) is 29.7. The molecule has 2 aromatic rings. The van der Waals surface area contributed by atoms with Crippen LogP contribution in [0, 0.1) is 0 Å². The van der Waals surface area contributed by atoms with Crippen LogP contribution in [0.3, 0.4) is 0 Å². The molecule has 1 aliphatic heterocycles. The van der Waals surface area contributed by atoms with Gasteiger partial charge in [0.25, 0.3) is 11.8 Å². The Kier molecular flexibility index (Phi) is 8.28. The predicted octanol–water partition coefficient (Wildman–Crippen LogP) is 3.66. The van der Waals surface area contributed by atoms with E-state index in [4.69, 9.17) is 28.4 Å². The van der Waals surface area contributed by atoms with Gasteiger partial charge in [0.1, 0.15) is 5.82 Å². The monoisotopic (exact) mass is 456 g/mol. The quantitative estimate of drug-likeness (QED) is 0.362. The molecule has 3 rings (SSSR count). The van der Waals surface area contributed by atoms with Crippen LogP contribution < -0.4 is 10.8 Å². The molecule has 1 aromatic carbocycles. The van der Waals surface area contributed by atoms with E-state index in [1.54, 1.807) is 41.4 Å². The van der Waals surface area contributed by atoms with Crippen molar-refractivity contribution in [3.8, 4) is 0 Å². The number of nitrogens with one attached hydrogen (secondary N) is 2. The van der Waals surface area contributed by atoms with Crippen LogP contribution in [-0.4, -0.2) is 46.0 Å². The third kappa shape index (κ3) is 6.08. The Morgan fingerprint density at radius 3 is 2.76 bits per heavy atom. The SMILES string of the molecule is Cl.O=C(/C=C/c1cnc(N[C@@H]2CCN(C(=O)c3cccc(Cl)c3)C2)c(Cl)c1)NO. The molecule has 29 heavy (non-hydrogen) atoms. The second-order valence-corrected chi connectivity index (χ2v) is 7.14. The Morgan fingerprint density at radius 2 is 2.07 bits per heavy atom. The molecule has 1 aliphatic rings. The smallest absolute Gasteiger partial charge is 0.267 e. The number of halogens is 3. The van der Waals surface area contributed by atoms with Gasteiger partial charge in [-0.15, -0.1) is 12.4 Å². The largest absolute Gasteiger partial charge is 0.364 e. The Bertz CT molecular complexity index is 923. The van der Waals surface area contributed by atoms with Gasteiger partial charge in [0.05, 0.1) is 5.02 Å². The lowest BCUT2D eigenvalue weighted by molar-refractivity contribution is -0.124. The van der Waals surface area contributed by atoms with Gasteiger partial charge in [-0.25, -0.2) is 10.5 Å².